The second-order valence-corrected chi connectivity index (χ2v) is 5.57. The van der Waals surface area contributed by atoms with Crippen LogP contribution in [0.4, 0.5) is 15.8 Å². The number of nitrogens with zero attached hydrogens (tertiary/aromatic N) is 1. The molecule has 1 aromatic carbocycles. The normalized spacial score (nSPS) is 12.6. The van der Waals surface area contributed by atoms with E-state index in [1.807, 2.05) is 6.07 Å². The SMILES string of the molecule is CSCC(C)CNc1c(F)cc(N)c2cccnc12. The molecule has 0 spiro atoms. The van der Waals surface area contributed by atoms with Crippen molar-refractivity contribution in [2.45, 2.75) is 6.92 Å². The first kappa shape index (κ1) is 13.9. The first-order valence-electron chi connectivity index (χ1n) is 6.19. The first-order chi connectivity index (χ1) is 9.13. The van der Waals surface area contributed by atoms with Crippen molar-refractivity contribution in [3.05, 3.63) is 30.2 Å². The number of fused-ring (bicyclic) bond motifs is 1. The number of hydrogen-bond donors (Lipinski definition) is 2. The smallest absolute Gasteiger partial charge is 0.150 e. The summed E-state index contributed by atoms with van der Waals surface area (Å²) >= 11 is 1.79. The van der Waals surface area contributed by atoms with E-state index < -0.39 is 0 Å². The minimum atomic E-state index is -0.347. The molecule has 0 aliphatic rings. The van der Waals surface area contributed by atoms with Crippen molar-refractivity contribution in [3.8, 4) is 0 Å². The van der Waals surface area contributed by atoms with Crippen LogP contribution in [0, 0.1) is 11.7 Å². The molecule has 0 saturated heterocycles. The molecule has 1 aromatic heterocycles. The Morgan fingerprint density at radius 3 is 3.05 bits per heavy atom. The Kier molecular flexibility index (Phi) is 4.47. The maximum Gasteiger partial charge on any atom is 0.150 e. The lowest BCUT2D eigenvalue weighted by atomic mass is 10.1. The number of thioether (sulfide) groups is 1. The summed E-state index contributed by atoms with van der Waals surface area (Å²) in [5, 5.41) is 3.94. The summed E-state index contributed by atoms with van der Waals surface area (Å²) < 4.78 is 14.0. The summed E-state index contributed by atoms with van der Waals surface area (Å²) in [6.07, 6.45) is 3.72. The Morgan fingerprint density at radius 2 is 2.32 bits per heavy atom. The van der Waals surface area contributed by atoms with Gasteiger partial charge in [0, 0.05) is 23.8 Å². The number of aromatic nitrogens is 1. The standard InChI is InChI=1S/C14H18FN3S/c1-9(8-19-2)7-18-14-11(15)6-12(16)10-4-3-5-17-13(10)14/h3-6,9,18H,7-8,16H2,1-2H3. The molecule has 0 saturated carbocycles. The highest BCUT2D eigenvalue weighted by atomic mass is 32.2. The van der Waals surface area contributed by atoms with Gasteiger partial charge in [0.1, 0.15) is 0 Å². The molecule has 1 unspecified atom stereocenters. The molecule has 0 aliphatic carbocycles. The molecule has 102 valence electrons. The van der Waals surface area contributed by atoms with Crippen molar-refractivity contribution in [2.24, 2.45) is 5.92 Å². The van der Waals surface area contributed by atoms with Crippen LogP contribution in [-0.4, -0.2) is 23.5 Å². The van der Waals surface area contributed by atoms with Crippen LogP contribution in [0.25, 0.3) is 10.9 Å². The largest absolute Gasteiger partial charge is 0.398 e. The average Bonchev–Trinajstić information content (AvgIpc) is 2.39. The van der Waals surface area contributed by atoms with Gasteiger partial charge in [0.25, 0.3) is 0 Å². The van der Waals surface area contributed by atoms with E-state index >= 15 is 0 Å². The maximum absolute atomic E-state index is 14.0. The highest BCUT2D eigenvalue weighted by molar-refractivity contribution is 7.98. The Hall–Kier alpha value is -1.49. The van der Waals surface area contributed by atoms with E-state index in [9.17, 15) is 4.39 Å². The van der Waals surface area contributed by atoms with Gasteiger partial charge in [0.15, 0.2) is 5.82 Å². The molecular formula is C14H18FN3S. The number of nitrogen functional groups attached to an aromatic ring is 1. The van der Waals surface area contributed by atoms with Crippen LogP contribution in [0.3, 0.4) is 0 Å². The van der Waals surface area contributed by atoms with E-state index in [1.165, 1.54) is 6.07 Å². The first-order valence-corrected chi connectivity index (χ1v) is 7.58. The van der Waals surface area contributed by atoms with Gasteiger partial charge in [-0.15, -0.1) is 0 Å². The molecule has 3 N–H and O–H groups in total. The lowest BCUT2D eigenvalue weighted by molar-refractivity contribution is 0.627. The highest BCUT2D eigenvalue weighted by Crippen LogP contribution is 2.29. The Balaban J connectivity index is 2.32. The van der Waals surface area contributed by atoms with Crippen LogP contribution in [0.2, 0.25) is 0 Å². The second-order valence-electron chi connectivity index (χ2n) is 4.66. The monoisotopic (exact) mass is 279 g/mol. The maximum atomic E-state index is 14.0. The predicted molar refractivity (Wildman–Crippen MR) is 82.1 cm³/mol. The van der Waals surface area contributed by atoms with Gasteiger partial charge in [-0.3, -0.25) is 4.98 Å². The van der Waals surface area contributed by atoms with Gasteiger partial charge < -0.3 is 11.1 Å². The quantitative estimate of drug-likeness (QED) is 0.824. The van der Waals surface area contributed by atoms with E-state index in [1.54, 1.807) is 24.0 Å². The molecule has 5 heteroatoms. The van der Waals surface area contributed by atoms with Crippen molar-refractivity contribution >= 4 is 34.0 Å². The van der Waals surface area contributed by atoms with Crippen LogP contribution < -0.4 is 11.1 Å². The minimum absolute atomic E-state index is 0.347. The van der Waals surface area contributed by atoms with Gasteiger partial charge in [-0.1, -0.05) is 6.92 Å². The number of benzene rings is 1. The van der Waals surface area contributed by atoms with E-state index in [4.69, 9.17) is 5.73 Å². The van der Waals surface area contributed by atoms with Crippen LogP contribution in [0.1, 0.15) is 6.92 Å². The summed E-state index contributed by atoms with van der Waals surface area (Å²) in [4.78, 5) is 4.24. The van der Waals surface area contributed by atoms with E-state index in [0.717, 1.165) is 11.1 Å². The summed E-state index contributed by atoms with van der Waals surface area (Å²) in [6, 6.07) is 5.01. The summed E-state index contributed by atoms with van der Waals surface area (Å²) in [5.74, 6) is 1.15. The molecule has 2 rings (SSSR count). The number of nitrogens with one attached hydrogen (secondary N) is 1. The van der Waals surface area contributed by atoms with Gasteiger partial charge in [0.05, 0.1) is 11.2 Å². The number of nitrogens with two attached hydrogens (primary N) is 1. The number of hydrogen-bond acceptors (Lipinski definition) is 4. The fourth-order valence-corrected chi connectivity index (χ4v) is 2.71. The summed E-state index contributed by atoms with van der Waals surface area (Å²) in [6.45, 7) is 2.85. The van der Waals surface area contributed by atoms with Crippen LogP contribution in [-0.2, 0) is 0 Å². The molecule has 1 atom stereocenters. The number of halogens is 1. The van der Waals surface area contributed by atoms with Crippen molar-refractivity contribution in [1.29, 1.82) is 0 Å². The molecule has 0 amide bonds. The van der Waals surface area contributed by atoms with E-state index in [2.05, 4.69) is 23.5 Å². The number of anilines is 2. The molecule has 0 fully saturated rings. The zero-order valence-electron chi connectivity index (χ0n) is 11.1. The fourth-order valence-electron chi connectivity index (χ4n) is 2.02. The van der Waals surface area contributed by atoms with E-state index in [-0.39, 0.29) is 5.82 Å². The number of rotatable bonds is 5. The lowest BCUT2D eigenvalue weighted by Gasteiger charge is -2.15. The Morgan fingerprint density at radius 1 is 1.53 bits per heavy atom. The molecule has 0 aliphatic heterocycles. The van der Waals surface area contributed by atoms with Crippen LogP contribution in [0.5, 0.6) is 0 Å². The Bertz CT molecular complexity index is 574. The minimum Gasteiger partial charge on any atom is -0.398 e. The molecule has 1 heterocycles. The topological polar surface area (TPSA) is 50.9 Å². The molecule has 3 nitrogen and oxygen atoms in total. The molecular weight excluding hydrogens is 261 g/mol. The summed E-state index contributed by atoms with van der Waals surface area (Å²) in [7, 11) is 0. The third kappa shape index (κ3) is 3.10. The van der Waals surface area contributed by atoms with Gasteiger partial charge in [-0.2, -0.15) is 11.8 Å². The van der Waals surface area contributed by atoms with Gasteiger partial charge in [-0.25, -0.2) is 4.39 Å². The average molecular weight is 279 g/mol. The molecule has 0 radical (unpaired) electrons. The van der Waals surface area contributed by atoms with Gasteiger partial charge in [-0.05, 0) is 36.1 Å². The van der Waals surface area contributed by atoms with Crippen molar-refractivity contribution in [3.63, 3.8) is 0 Å². The molecule has 0 bridgehead atoms. The number of pyridine rings is 1. The molecule has 2 aromatic rings. The third-order valence-corrected chi connectivity index (χ3v) is 3.86. The van der Waals surface area contributed by atoms with Gasteiger partial charge in [0.2, 0.25) is 0 Å². The molecule has 19 heavy (non-hydrogen) atoms. The van der Waals surface area contributed by atoms with Crippen molar-refractivity contribution < 1.29 is 4.39 Å². The van der Waals surface area contributed by atoms with Gasteiger partial charge >= 0.3 is 0 Å². The predicted octanol–water partition coefficient (Wildman–Crippen LogP) is 3.37. The summed E-state index contributed by atoms with van der Waals surface area (Å²) in [5.41, 5.74) is 7.27. The lowest BCUT2D eigenvalue weighted by Crippen LogP contribution is -2.14. The Labute approximate surface area is 116 Å². The van der Waals surface area contributed by atoms with Crippen LogP contribution >= 0.6 is 11.8 Å². The van der Waals surface area contributed by atoms with E-state index in [0.29, 0.717) is 29.4 Å². The third-order valence-electron chi connectivity index (χ3n) is 2.96. The van der Waals surface area contributed by atoms with Crippen LogP contribution in [0.15, 0.2) is 24.4 Å². The zero-order chi connectivity index (χ0) is 13.8. The highest BCUT2D eigenvalue weighted by Gasteiger charge is 2.12. The second kappa shape index (κ2) is 6.10. The van der Waals surface area contributed by atoms with Crippen molar-refractivity contribution in [2.75, 3.05) is 29.6 Å². The fraction of sp³-hybridized carbons (Fsp3) is 0.357. The zero-order valence-corrected chi connectivity index (χ0v) is 11.9. The van der Waals surface area contributed by atoms with Crippen molar-refractivity contribution in [1.82, 2.24) is 4.98 Å².